The Morgan fingerprint density at radius 1 is 1.56 bits per heavy atom. The summed E-state index contributed by atoms with van der Waals surface area (Å²) in [5.74, 6) is -2.08. The van der Waals surface area contributed by atoms with Crippen molar-refractivity contribution in [1.82, 2.24) is 0 Å². The van der Waals surface area contributed by atoms with E-state index < -0.39 is 41.0 Å². The zero-order chi connectivity index (χ0) is 14.3. The number of rotatable bonds is 2. The lowest BCUT2D eigenvalue weighted by atomic mass is 9.72. The van der Waals surface area contributed by atoms with E-state index in [4.69, 9.17) is 10.5 Å². The molecular formula is C12H21NO5. The Morgan fingerprint density at radius 2 is 2.06 bits per heavy atom. The smallest absolute Gasteiger partial charge is 0.223 e. The summed E-state index contributed by atoms with van der Waals surface area (Å²) in [4.78, 5) is 23.0. The van der Waals surface area contributed by atoms with Gasteiger partial charge in [-0.25, -0.2) is 0 Å². The van der Waals surface area contributed by atoms with Crippen molar-refractivity contribution in [2.45, 2.75) is 52.1 Å². The summed E-state index contributed by atoms with van der Waals surface area (Å²) in [5, 5.41) is 19.4. The van der Waals surface area contributed by atoms with Crippen LogP contribution in [0.4, 0.5) is 0 Å². The zero-order valence-corrected chi connectivity index (χ0v) is 11.1. The highest BCUT2D eigenvalue weighted by Gasteiger charge is 2.49. The summed E-state index contributed by atoms with van der Waals surface area (Å²) in [5.41, 5.74) is 3.15. The molecule has 18 heavy (non-hydrogen) atoms. The minimum absolute atomic E-state index is 0.0617. The fraction of sp³-hybridized carbons (Fsp3) is 0.833. The van der Waals surface area contributed by atoms with Crippen molar-refractivity contribution in [1.29, 1.82) is 0 Å². The van der Waals surface area contributed by atoms with Gasteiger partial charge in [0.25, 0.3) is 0 Å². The predicted molar refractivity (Wildman–Crippen MR) is 63.3 cm³/mol. The highest BCUT2D eigenvalue weighted by molar-refractivity contribution is 5.90. The number of aliphatic hydroxyl groups excluding tert-OH is 1. The molecule has 0 aromatic carbocycles. The second kappa shape index (κ2) is 4.60. The number of carbonyl (C=O) groups excluding carboxylic acids is 2. The first-order valence-corrected chi connectivity index (χ1v) is 5.86. The molecule has 2 unspecified atom stereocenters. The molecule has 1 saturated heterocycles. The second-order valence-electron chi connectivity index (χ2n) is 6.12. The molecule has 6 heteroatoms. The number of hydrogen-bond donors (Lipinski definition) is 3. The molecule has 1 fully saturated rings. The Kier molecular flexibility index (Phi) is 3.86. The summed E-state index contributed by atoms with van der Waals surface area (Å²) in [6, 6.07) is 0. The van der Waals surface area contributed by atoms with Crippen LogP contribution in [0.1, 0.15) is 34.1 Å². The largest absolute Gasteiger partial charge is 0.382 e. The van der Waals surface area contributed by atoms with Gasteiger partial charge in [0.2, 0.25) is 18.0 Å². The molecule has 104 valence electrons. The van der Waals surface area contributed by atoms with Gasteiger partial charge >= 0.3 is 0 Å². The predicted octanol–water partition coefficient (Wildman–Crippen LogP) is -0.439. The van der Waals surface area contributed by atoms with Crippen LogP contribution in [0.5, 0.6) is 0 Å². The van der Waals surface area contributed by atoms with Crippen LogP contribution in [-0.2, 0) is 14.3 Å². The second-order valence-corrected chi connectivity index (χ2v) is 6.12. The minimum atomic E-state index is -1.72. The van der Waals surface area contributed by atoms with Crippen LogP contribution in [0.25, 0.3) is 0 Å². The van der Waals surface area contributed by atoms with E-state index in [0.717, 1.165) is 0 Å². The van der Waals surface area contributed by atoms with Crippen molar-refractivity contribution in [2.24, 2.45) is 17.1 Å². The van der Waals surface area contributed by atoms with E-state index in [1.807, 2.05) is 20.8 Å². The van der Waals surface area contributed by atoms with Crippen molar-refractivity contribution >= 4 is 11.7 Å². The van der Waals surface area contributed by atoms with Gasteiger partial charge in [0.15, 0.2) is 0 Å². The number of ketones is 1. The molecule has 0 spiro atoms. The van der Waals surface area contributed by atoms with Gasteiger partial charge in [-0.2, -0.15) is 0 Å². The number of Topliss-reactive ketones (excluding diaryl/α,β-unsaturated/α-hetero) is 1. The molecule has 0 aromatic rings. The van der Waals surface area contributed by atoms with E-state index >= 15 is 0 Å². The van der Waals surface area contributed by atoms with Crippen LogP contribution >= 0.6 is 0 Å². The van der Waals surface area contributed by atoms with Crippen LogP contribution in [0, 0.1) is 11.3 Å². The zero-order valence-electron chi connectivity index (χ0n) is 11.1. The first-order valence-electron chi connectivity index (χ1n) is 5.86. The van der Waals surface area contributed by atoms with Crippen LogP contribution < -0.4 is 5.73 Å². The number of hydrogen-bond acceptors (Lipinski definition) is 5. The Balaban J connectivity index is 3.02. The van der Waals surface area contributed by atoms with Crippen LogP contribution in [-0.4, -0.2) is 39.9 Å². The van der Waals surface area contributed by atoms with Gasteiger partial charge in [0.1, 0.15) is 5.60 Å². The molecule has 4 N–H and O–H groups in total. The molecule has 0 radical (unpaired) electrons. The highest BCUT2D eigenvalue weighted by Crippen LogP contribution is 2.37. The van der Waals surface area contributed by atoms with Gasteiger partial charge in [-0.05, 0) is 12.3 Å². The molecule has 0 aliphatic carbocycles. The van der Waals surface area contributed by atoms with Crippen molar-refractivity contribution in [3.63, 3.8) is 0 Å². The normalized spacial score (nSPS) is 35.3. The summed E-state index contributed by atoms with van der Waals surface area (Å²) in [6.07, 6.45) is -2.57. The molecular weight excluding hydrogens is 238 g/mol. The number of carbonyl (C=O) groups is 2. The van der Waals surface area contributed by atoms with Crippen molar-refractivity contribution in [2.75, 3.05) is 0 Å². The Morgan fingerprint density at radius 3 is 2.39 bits per heavy atom. The Bertz CT molecular complexity index is 358. The van der Waals surface area contributed by atoms with E-state index in [-0.39, 0.29) is 6.42 Å². The lowest BCUT2D eigenvalue weighted by Crippen LogP contribution is -2.57. The summed E-state index contributed by atoms with van der Waals surface area (Å²) in [6.45, 7) is 6.73. The van der Waals surface area contributed by atoms with Crippen LogP contribution in [0.3, 0.4) is 0 Å². The number of ether oxygens (including phenoxy) is 1. The average Bonchev–Trinajstić information content (AvgIpc) is 2.10. The van der Waals surface area contributed by atoms with Crippen LogP contribution in [0.2, 0.25) is 0 Å². The maximum atomic E-state index is 11.5. The monoisotopic (exact) mass is 259 g/mol. The molecule has 0 bridgehead atoms. The number of primary amides is 1. The molecule has 0 saturated carbocycles. The van der Waals surface area contributed by atoms with E-state index in [1.165, 1.54) is 6.92 Å². The first kappa shape index (κ1) is 15.1. The SMILES string of the molecule is CC(C)(C)C(C(N)=O)C1C[C@@](C)(O)C(=O)[C@H](O)O1. The van der Waals surface area contributed by atoms with Gasteiger partial charge in [-0.15, -0.1) is 0 Å². The maximum Gasteiger partial charge on any atom is 0.223 e. The molecule has 1 amide bonds. The van der Waals surface area contributed by atoms with Crippen LogP contribution in [0.15, 0.2) is 0 Å². The minimum Gasteiger partial charge on any atom is -0.382 e. The lowest BCUT2D eigenvalue weighted by molar-refractivity contribution is -0.220. The molecule has 1 rings (SSSR count). The van der Waals surface area contributed by atoms with Gasteiger partial charge in [-0.1, -0.05) is 20.8 Å². The molecule has 0 aromatic heterocycles. The van der Waals surface area contributed by atoms with E-state index in [0.29, 0.717) is 0 Å². The summed E-state index contributed by atoms with van der Waals surface area (Å²) >= 11 is 0. The van der Waals surface area contributed by atoms with Crippen molar-refractivity contribution in [3.8, 4) is 0 Å². The number of aliphatic hydroxyl groups is 2. The van der Waals surface area contributed by atoms with Gasteiger partial charge < -0.3 is 20.7 Å². The quantitative estimate of drug-likeness (QED) is 0.623. The third-order valence-electron chi connectivity index (χ3n) is 3.27. The van der Waals surface area contributed by atoms with Gasteiger partial charge in [0, 0.05) is 6.42 Å². The molecule has 6 nitrogen and oxygen atoms in total. The average molecular weight is 259 g/mol. The third kappa shape index (κ3) is 2.88. The number of nitrogens with two attached hydrogens (primary N) is 1. The first-order chi connectivity index (χ1) is 7.97. The molecule has 1 aliphatic rings. The fourth-order valence-electron chi connectivity index (χ4n) is 2.40. The topological polar surface area (TPSA) is 110 Å². The van der Waals surface area contributed by atoms with Gasteiger partial charge in [-0.3, -0.25) is 9.59 Å². The Labute approximate surface area is 106 Å². The lowest BCUT2D eigenvalue weighted by Gasteiger charge is -2.42. The fourth-order valence-corrected chi connectivity index (χ4v) is 2.40. The third-order valence-corrected chi connectivity index (χ3v) is 3.27. The standard InChI is InChI=1S/C12H21NO5/c1-11(2,3)7(9(13)15)6-5-12(4,17)8(14)10(16)18-6/h6-7,10,16-17H,5H2,1-4H3,(H2,13,15)/t6?,7?,10-,12-/m1/s1. The van der Waals surface area contributed by atoms with E-state index in [2.05, 4.69) is 0 Å². The highest BCUT2D eigenvalue weighted by atomic mass is 16.6. The summed E-state index contributed by atoms with van der Waals surface area (Å²) in [7, 11) is 0. The molecule has 1 aliphatic heterocycles. The molecule has 1 heterocycles. The van der Waals surface area contributed by atoms with Gasteiger partial charge in [0.05, 0.1) is 12.0 Å². The maximum absolute atomic E-state index is 11.5. The van der Waals surface area contributed by atoms with E-state index in [1.54, 1.807) is 0 Å². The van der Waals surface area contributed by atoms with E-state index in [9.17, 15) is 19.8 Å². The number of amides is 1. The van der Waals surface area contributed by atoms with Crippen molar-refractivity contribution < 1.29 is 24.5 Å². The molecule has 4 atom stereocenters. The van der Waals surface area contributed by atoms with Crippen molar-refractivity contribution in [3.05, 3.63) is 0 Å². The summed E-state index contributed by atoms with van der Waals surface area (Å²) < 4.78 is 5.13. The Hall–Kier alpha value is -0.980.